The van der Waals surface area contributed by atoms with E-state index in [1.54, 1.807) is 0 Å². The molecular weight excluding hydrogens is 255 g/mol. The fraction of sp³-hybridized carbons (Fsp3) is 0.800. The Morgan fingerprint density at radius 1 is 1.43 bits per heavy atom. The molecular formula is C10H18NO2Y-. The predicted octanol–water partition coefficient (Wildman–Crippen LogP) is 1.22. The molecule has 1 rings (SSSR count). The number of carbonyl (C=O) groups is 1. The van der Waals surface area contributed by atoms with Crippen LogP contribution in [-0.2, 0) is 37.5 Å². The van der Waals surface area contributed by atoms with E-state index in [9.17, 15) is 9.90 Å². The van der Waals surface area contributed by atoms with Gasteiger partial charge in [-0.15, -0.1) is 0 Å². The van der Waals surface area contributed by atoms with Crippen LogP contribution in [0.15, 0.2) is 0 Å². The van der Waals surface area contributed by atoms with Crippen LogP contribution in [0.4, 0.5) is 0 Å². The van der Waals surface area contributed by atoms with E-state index in [1.165, 1.54) is 19.3 Å². The van der Waals surface area contributed by atoms with Crippen LogP contribution < -0.4 is 5.32 Å². The number of aliphatic hydroxyl groups excluding tert-OH is 1. The maximum absolute atomic E-state index is 11.0. The molecule has 1 radical (unpaired) electrons. The molecule has 0 aromatic carbocycles. The topological polar surface area (TPSA) is 49.3 Å². The third-order valence-electron chi connectivity index (χ3n) is 2.76. The smallest absolute Gasteiger partial charge is 0.219 e. The SMILES string of the molecule is [CH2-]NC(=O)C(O)CC1CCCCC1.[Y]. The molecule has 0 aromatic heterocycles. The summed E-state index contributed by atoms with van der Waals surface area (Å²) < 4.78 is 0. The van der Waals surface area contributed by atoms with Crippen molar-refractivity contribution in [2.75, 3.05) is 0 Å². The van der Waals surface area contributed by atoms with Gasteiger partial charge in [0, 0.05) is 32.7 Å². The van der Waals surface area contributed by atoms with Crippen molar-refractivity contribution in [3.05, 3.63) is 7.05 Å². The Labute approximate surface area is 111 Å². The zero-order chi connectivity index (χ0) is 9.68. The molecule has 0 aromatic rings. The van der Waals surface area contributed by atoms with Gasteiger partial charge in [-0.1, -0.05) is 32.1 Å². The Kier molecular flexibility index (Phi) is 8.07. The van der Waals surface area contributed by atoms with Crippen molar-refractivity contribution in [2.24, 2.45) is 5.92 Å². The van der Waals surface area contributed by atoms with E-state index >= 15 is 0 Å². The molecule has 0 bridgehead atoms. The molecule has 0 aliphatic heterocycles. The predicted molar refractivity (Wildman–Crippen MR) is 50.7 cm³/mol. The second kappa shape index (κ2) is 7.78. The minimum Gasteiger partial charge on any atom is -0.506 e. The first-order valence-corrected chi connectivity index (χ1v) is 4.99. The van der Waals surface area contributed by atoms with Crippen LogP contribution in [0.3, 0.4) is 0 Å². The van der Waals surface area contributed by atoms with E-state index in [2.05, 4.69) is 12.4 Å². The number of aliphatic hydroxyl groups is 1. The fourth-order valence-electron chi connectivity index (χ4n) is 1.96. The molecule has 1 amide bonds. The van der Waals surface area contributed by atoms with E-state index < -0.39 is 6.10 Å². The van der Waals surface area contributed by atoms with E-state index in [-0.39, 0.29) is 38.6 Å². The second-order valence-corrected chi connectivity index (χ2v) is 3.80. The van der Waals surface area contributed by atoms with Crippen molar-refractivity contribution in [3.63, 3.8) is 0 Å². The van der Waals surface area contributed by atoms with Gasteiger partial charge < -0.3 is 10.4 Å². The molecule has 1 aliphatic rings. The van der Waals surface area contributed by atoms with Gasteiger partial charge >= 0.3 is 0 Å². The molecule has 2 N–H and O–H groups in total. The Balaban J connectivity index is 0.00000169. The molecule has 3 nitrogen and oxygen atoms in total. The first-order valence-electron chi connectivity index (χ1n) is 4.99. The minimum atomic E-state index is -0.861. The van der Waals surface area contributed by atoms with Crippen molar-refractivity contribution >= 4 is 5.91 Å². The molecule has 1 fully saturated rings. The number of hydrogen-bond donors (Lipinski definition) is 2. The molecule has 14 heavy (non-hydrogen) atoms. The maximum Gasteiger partial charge on any atom is 0.219 e. The van der Waals surface area contributed by atoms with Gasteiger partial charge in [0.25, 0.3) is 0 Å². The van der Waals surface area contributed by atoms with Crippen molar-refractivity contribution in [2.45, 2.75) is 44.6 Å². The zero-order valence-electron chi connectivity index (χ0n) is 8.54. The van der Waals surface area contributed by atoms with Gasteiger partial charge in [-0.25, -0.2) is 0 Å². The first kappa shape index (κ1) is 14.5. The zero-order valence-corrected chi connectivity index (χ0v) is 11.4. The summed E-state index contributed by atoms with van der Waals surface area (Å²) in [6.45, 7) is 0. The molecule has 1 saturated carbocycles. The summed E-state index contributed by atoms with van der Waals surface area (Å²) in [5.74, 6) is 0.173. The van der Waals surface area contributed by atoms with Crippen molar-refractivity contribution in [1.82, 2.24) is 5.32 Å². The van der Waals surface area contributed by atoms with Crippen LogP contribution in [-0.4, -0.2) is 17.1 Å². The van der Waals surface area contributed by atoms with E-state index in [4.69, 9.17) is 0 Å². The average molecular weight is 273 g/mol. The van der Waals surface area contributed by atoms with Crippen molar-refractivity contribution < 1.29 is 42.6 Å². The Morgan fingerprint density at radius 2 is 2.00 bits per heavy atom. The van der Waals surface area contributed by atoms with Gasteiger partial charge in [-0.3, -0.25) is 11.8 Å². The summed E-state index contributed by atoms with van der Waals surface area (Å²) in [6.07, 6.45) is 5.83. The van der Waals surface area contributed by atoms with Crippen molar-refractivity contribution in [3.8, 4) is 0 Å². The van der Waals surface area contributed by atoms with Gasteiger partial charge in [-0.05, 0) is 12.3 Å². The van der Waals surface area contributed by atoms with Gasteiger partial charge in [0.1, 0.15) is 6.10 Å². The van der Waals surface area contributed by atoms with Crippen LogP contribution in [0.2, 0.25) is 0 Å². The molecule has 1 aliphatic carbocycles. The van der Waals surface area contributed by atoms with Gasteiger partial charge in [-0.2, -0.15) is 0 Å². The van der Waals surface area contributed by atoms with Crippen LogP contribution >= 0.6 is 0 Å². The summed E-state index contributed by atoms with van der Waals surface area (Å²) >= 11 is 0. The van der Waals surface area contributed by atoms with Crippen LogP contribution in [0, 0.1) is 13.0 Å². The summed E-state index contributed by atoms with van der Waals surface area (Å²) in [4.78, 5) is 11.0. The molecule has 0 saturated heterocycles. The molecule has 4 heteroatoms. The monoisotopic (exact) mass is 273 g/mol. The summed E-state index contributed by atoms with van der Waals surface area (Å²) in [7, 11) is 3.24. The van der Waals surface area contributed by atoms with Gasteiger partial charge in [0.15, 0.2) is 0 Å². The molecule has 0 heterocycles. The Morgan fingerprint density at radius 3 is 2.50 bits per heavy atom. The first-order chi connectivity index (χ1) is 6.24. The third kappa shape index (κ3) is 4.85. The summed E-state index contributed by atoms with van der Waals surface area (Å²) in [6, 6.07) is 0. The van der Waals surface area contributed by atoms with E-state index in [0.717, 1.165) is 12.8 Å². The molecule has 1 atom stereocenters. The molecule has 0 spiro atoms. The maximum atomic E-state index is 11.0. The van der Waals surface area contributed by atoms with Gasteiger partial charge in [0.05, 0.1) is 0 Å². The van der Waals surface area contributed by atoms with Crippen LogP contribution in [0.5, 0.6) is 0 Å². The van der Waals surface area contributed by atoms with E-state index in [1.807, 2.05) is 0 Å². The Bertz CT molecular complexity index is 170. The van der Waals surface area contributed by atoms with E-state index in [0.29, 0.717) is 12.3 Å². The van der Waals surface area contributed by atoms with Crippen LogP contribution in [0.25, 0.3) is 0 Å². The minimum absolute atomic E-state index is 0. The number of amides is 1. The molecule has 1 unspecified atom stereocenters. The second-order valence-electron chi connectivity index (χ2n) is 3.80. The quantitative estimate of drug-likeness (QED) is 0.760. The standard InChI is InChI=1S/C10H18NO2.Y/c1-11-10(13)9(12)7-8-5-3-2-4-6-8;/h8-9,12H,1-7H2,(H,11,13);/q-1;. The summed E-state index contributed by atoms with van der Waals surface area (Å²) in [5, 5.41) is 11.6. The fourth-order valence-corrected chi connectivity index (χ4v) is 1.96. The van der Waals surface area contributed by atoms with Crippen LogP contribution in [0.1, 0.15) is 38.5 Å². The van der Waals surface area contributed by atoms with Crippen molar-refractivity contribution in [1.29, 1.82) is 0 Å². The Hall–Kier alpha value is 0.534. The largest absolute Gasteiger partial charge is 0.506 e. The average Bonchev–Trinajstić information content (AvgIpc) is 2.18. The van der Waals surface area contributed by atoms with Gasteiger partial charge in [0.2, 0.25) is 5.91 Å². The molecule has 79 valence electrons. The summed E-state index contributed by atoms with van der Waals surface area (Å²) in [5.41, 5.74) is 0. The number of carbonyl (C=O) groups excluding carboxylic acids is 1. The normalized spacial score (nSPS) is 19.6. The number of nitrogens with one attached hydrogen (secondary N) is 1. The number of rotatable bonds is 3. The third-order valence-corrected chi connectivity index (χ3v) is 2.76. The number of hydrogen-bond acceptors (Lipinski definition) is 2.